The summed E-state index contributed by atoms with van der Waals surface area (Å²) in [4.78, 5) is 45.3. The summed E-state index contributed by atoms with van der Waals surface area (Å²) in [6, 6.07) is 9.67. The molecule has 0 spiro atoms. The van der Waals surface area contributed by atoms with E-state index in [4.69, 9.17) is 25.5 Å². The second-order valence-electron chi connectivity index (χ2n) is 6.33. The van der Waals surface area contributed by atoms with Crippen molar-refractivity contribution in [2.45, 2.75) is 6.92 Å². The summed E-state index contributed by atoms with van der Waals surface area (Å²) in [6.07, 6.45) is 0. The van der Waals surface area contributed by atoms with Crippen molar-refractivity contribution < 1.29 is 28.4 Å². The van der Waals surface area contributed by atoms with Gasteiger partial charge in [-0.15, -0.1) is 0 Å². The molecule has 3 rings (SSSR count). The van der Waals surface area contributed by atoms with Crippen molar-refractivity contribution in [1.29, 1.82) is 0 Å². The number of fused-ring (bicyclic) bond motifs is 1. The summed E-state index contributed by atoms with van der Waals surface area (Å²) in [7, 11) is 0. The van der Waals surface area contributed by atoms with Gasteiger partial charge in [0.2, 0.25) is 0 Å². The number of carbonyl (C=O) groups is 2. The average molecular weight is 447 g/mol. The van der Waals surface area contributed by atoms with Crippen LogP contribution in [-0.2, 0) is 14.3 Å². The van der Waals surface area contributed by atoms with Gasteiger partial charge >= 0.3 is 11.6 Å². The number of aryl methyl sites for hydroxylation is 1. The van der Waals surface area contributed by atoms with Gasteiger partial charge in [0.05, 0.1) is 15.6 Å². The molecule has 0 fully saturated rings. The Bertz CT molecular complexity index is 1240. The quantitative estimate of drug-likeness (QED) is 0.252. The molecule has 0 radical (unpaired) electrons. The zero-order chi connectivity index (χ0) is 22.5. The predicted octanol–water partition coefficient (Wildman–Crippen LogP) is 3.22. The van der Waals surface area contributed by atoms with E-state index < -0.39 is 35.6 Å². The fraction of sp³-hybridized carbons (Fsp3) is 0.150. The molecule has 0 saturated heterocycles. The first kappa shape index (κ1) is 21.8. The van der Waals surface area contributed by atoms with Gasteiger partial charge in [-0.05, 0) is 30.7 Å². The Morgan fingerprint density at radius 3 is 2.65 bits per heavy atom. The van der Waals surface area contributed by atoms with Gasteiger partial charge in [0, 0.05) is 29.7 Å². The van der Waals surface area contributed by atoms with Gasteiger partial charge in [-0.3, -0.25) is 14.9 Å². The van der Waals surface area contributed by atoms with Crippen LogP contribution >= 0.6 is 11.6 Å². The van der Waals surface area contributed by atoms with Gasteiger partial charge in [-0.1, -0.05) is 11.6 Å². The van der Waals surface area contributed by atoms with Crippen LogP contribution < -0.4 is 15.7 Å². The Kier molecular flexibility index (Phi) is 6.51. The summed E-state index contributed by atoms with van der Waals surface area (Å²) in [5, 5.41) is 13.8. The van der Waals surface area contributed by atoms with E-state index in [0.717, 1.165) is 17.0 Å². The van der Waals surface area contributed by atoms with E-state index in [1.165, 1.54) is 24.3 Å². The van der Waals surface area contributed by atoms with E-state index in [0.29, 0.717) is 5.58 Å². The van der Waals surface area contributed by atoms with E-state index >= 15 is 0 Å². The highest BCUT2D eigenvalue weighted by molar-refractivity contribution is 6.34. The molecular formula is C20H15ClN2O8. The number of esters is 1. The number of hydrogen-bond acceptors (Lipinski definition) is 8. The number of amides is 1. The van der Waals surface area contributed by atoms with Crippen LogP contribution in [0.2, 0.25) is 5.02 Å². The third-order valence-electron chi connectivity index (χ3n) is 4.08. The van der Waals surface area contributed by atoms with Crippen molar-refractivity contribution in [1.82, 2.24) is 0 Å². The summed E-state index contributed by atoms with van der Waals surface area (Å²) in [6.45, 7) is 0.681. The monoisotopic (exact) mass is 446 g/mol. The van der Waals surface area contributed by atoms with Crippen molar-refractivity contribution in [2.75, 3.05) is 18.5 Å². The fourth-order valence-electron chi connectivity index (χ4n) is 2.63. The Morgan fingerprint density at radius 2 is 1.94 bits per heavy atom. The molecule has 0 saturated carbocycles. The summed E-state index contributed by atoms with van der Waals surface area (Å²) >= 11 is 5.88. The molecule has 11 heteroatoms. The number of benzene rings is 2. The highest BCUT2D eigenvalue weighted by atomic mass is 35.5. The highest BCUT2D eigenvalue weighted by Gasteiger charge is 2.14. The van der Waals surface area contributed by atoms with Crippen molar-refractivity contribution in [2.24, 2.45) is 0 Å². The number of non-ortho nitro benzene ring substituents is 1. The third kappa shape index (κ3) is 5.58. The minimum atomic E-state index is -0.810. The van der Waals surface area contributed by atoms with Crippen molar-refractivity contribution >= 4 is 45.8 Å². The number of nitro benzene ring substituents is 1. The maximum Gasteiger partial charge on any atom is 0.344 e. The molecule has 1 heterocycles. The smallest absolute Gasteiger partial charge is 0.344 e. The molecule has 0 aliphatic rings. The molecule has 160 valence electrons. The molecule has 1 amide bonds. The van der Waals surface area contributed by atoms with E-state index in [1.807, 2.05) is 0 Å². The SMILES string of the molecule is Cc1cc(=O)oc2cc(OCC(=O)OCC(=O)Nc3ccc([N+](=O)[O-])cc3Cl)ccc12. The number of anilines is 1. The molecule has 10 nitrogen and oxygen atoms in total. The Morgan fingerprint density at radius 1 is 1.16 bits per heavy atom. The second-order valence-corrected chi connectivity index (χ2v) is 6.73. The molecule has 31 heavy (non-hydrogen) atoms. The van der Waals surface area contributed by atoms with Gasteiger partial charge < -0.3 is 19.2 Å². The van der Waals surface area contributed by atoms with Crippen LogP contribution in [0.3, 0.4) is 0 Å². The molecule has 0 bridgehead atoms. The second kappa shape index (κ2) is 9.26. The third-order valence-corrected chi connectivity index (χ3v) is 4.39. The first-order valence-electron chi connectivity index (χ1n) is 8.79. The number of ether oxygens (including phenoxy) is 2. The maximum atomic E-state index is 11.9. The number of nitrogens with one attached hydrogen (secondary N) is 1. The molecule has 0 atom stereocenters. The maximum absolute atomic E-state index is 11.9. The largest absolute Gasteiger partial charge is 0.482 e. The van der Waals surface area contributed by atoms with Crippen LogP contribution in [0.15, 0.2) is 51.7 Å². The minimum Gasteiger partial charge on any atom is -0.482 e. The lowest BCUT2D eigenvalue weighted by molar-refractivity contribution is -0.384. The minimum absolute atomic E-state index is 0.0320. The van der Waals surface area contributed by atoms with Crippen LogP contribution in [0.25, 0.3) is 11.0 Å². The summed E-state index contributed by atoms with van der Waals surface area (Å²) < 4.78 is 15.2. The predicted molar refractivity (Wildman–Crippen MR) is 110 cm³/mol. The number of hydrogen-bond donors (Lipinski definition) is 1. The van der Waals surface area contributed by atoms with Gasteiger partial charge in [0.25, 0.3) is 11.6 Å². The van der Waals surface area contributed by atoms with Crippen molar-refractivity contribution in [3.05, 3.63) is 73.6 Å². The molecule has 2 aromatic carbocycles. The topological polar surface area (TPSA) is 138 Å². The molecule has 1 aromatic heterocycles. The number of nitrogens with zero attached hydrogens (tertiary/aromatic N) is 1. The van der Waals surface area contributed by atoms with Gasteiger partial charge in [-0.25, -0.2) is 9.59 Å². The lowest BCUT2D eigenvalue weighted by Gasteiger charge is -2.09. The molecule has 0 unspecified atom stereocenters. The Labute approximate surface area is 179 Å². The zero-order valence-corrected chi connectivity index (χ0v) is 16.8. The number of nitro groups is 1. The molecule has 0 aliphatic carbocycles. The molecular weight excluding hydrogens is 432 g/mol. The summed E-state index contributed by atoms with van der Waals surface area (Å²) in [5.41, 5.74) is 0.472. The number of carbonyl (C=O) groups excluding carboxylic acids is 2. The van der Waals surface area contributed by atoms with Crippen molar-refractivity contribution in [3.8, 4) is 5.75 Å². The first-order chi connectivity index (χ1) is 14.7. The highest BCUT2D eigenvalue weighted by Crippen LogP contribution is 2.26. The normalized spacial score (nSPS) is 10.5. The first-order valence-corrected chi connectivity index (χ1v) is 9.17. The Hall–Kier alpha value is -3.92. The van der Waals surface area contributed by atoms with E-state index in [2.05, 4.69) is 5.32 Å². The van der Waals surface area contributed by atoms with E-state index in [1.54, 1.807) is 19.1 Å². The molecule has 3 aromatic rings. The Balaban J connectivity index is 1.51. The van der Waals surface area contributed by atoms with Crippen LogP contribution in [0.5, 0.6) is 5.75 Å². The average Bonchev–Trinajstić information content (AvgIpc) is 2.71. The molecule has 1 N–H and O–H groups in total. The van der Waals surface area contributed by atoms with E-state index in [-0.39, 0.29) is 22.1 Å². The van der Waals surface area contributed by atoms with Gasteiger partial charge in [-0.2, -0.15) is 0 Å². The summed E-state index contributed by atoms with van der Waals surface area (Å²) in [5.74, 6) is -1.22. The zero-order valence-electron chi connectivity index (χ0n) is 16.0. The fourth-order valence-corrected chi connectivity index (χ4v) is 2.85. The van der Waals surface area contributed by atoms with E-state index in [9.17, 15) is 24.5 Å². The van der Waals surface area contributed by atoms with Gasteiger partial charge in [0.15, 0.2) is 13.2 Å². The van der Waals surface area contributed by atoms with Gasteiger partial charge in [0.1, 0.15) is 11.3 Å². The molecule has 0 aliphatic heterocycles. The van der Waals surface area contributed by atoms with Crippen molar-refractivity contribution in [3.63, 3.8) is 0 Å². The number of rotatable bonds is 7. The van der Waals surface area contributed by atoms with Crippen LogP contribution in [0, 0.1) is 17.0 Å². The standard InChI is InChI=1S/C20H15ClN2O8/c1-11-6-19(25)31-17-8-13(3-4-14(11)17)29-10-20(26)30-9-18(24)22-16-5-2-12(23(27)28)7-15(16)21/h2-8H,9-10H2,1H3,(H,22,24). The lowest BCUT2D eigenvalue weighted by Crippen LogP contribution is -2.23. The van der Waals surface area contributed by atoms with Crippen LogP contribution in [0.1, 0.15) is 5.56 Å². The number of halogens is 1. The van der Waals surface area contributed by atoms with Crippen LogP contribution in [0.4, 0.5) is 11.4 Å². The lowest BCUT2D eigenvalue weighted by atomic mass is 10.1. The van der Waals surface area contributed by atoms with Crippen LogP contribution in [-0.4, -0.2) is 30.0 Å².